The largest absolute Gasteiger partial charge is 0.461 e. The molecule has 3 N–H and O–H groups in total. The van der Waals surface area contributed by atoms with E-state index in [1.165, 1.54) is 11.8 Å². The molecular weight excluding hydrogens is 426 g/mol. The van der Waals surface area contributed by atoms with Crippen LogP contribution in [-0.2, 0) is 16.1 Å². The molecule has 0 radical (unpaired) electrons. The standard InChI is InChI=1S/C23H21N5O3S/c24-21(30)20(17-10-5-2-6-11-17)25-19(29)15-32-23-27-26-22(18-12-7-13-31-18)28(23)14-16-8-3-1-4-9-16/h1-13,20H,14-15H2,(H2,24,30)(H,25,29). The van der Waals surface area contributed by atoms with Crippen LogP contribution in [0.5, 0.6) is 0 Å². The van der Waals surface area contributed by atoms with Crippen LogP contribution in [0, 0.1) is 0 Å². The van der Waals surface area contributed by atoms with Gasteiger partial charge < -0.3 is 15.5 Å². The average molecular weight is 448 g/mol. The molecule has 0 aliphatic rings. The van der Waals surface area contributed by atoms with Crippen LogP contribution in [0.1, 0.15) is 17.2 Å². The lowest BCUT2D eigenvalue weighted by molar-refractivity contribution is -0.126. The highest BCUT2D eigenvalue weighted by atomic mass is 32.2. The van der Waals surface area contributed by atoms with Crippen molar-refractivity contribution in [2.24, 2.45) is 5.73 Å². The summed E-state index contributed by atoms with van der Waals surface area (Å²) in [5, 5.41) is 11.8. The predicted octanol–water partition coefficient (Wildman–Crippen LogP) is 3.02. The number of primary amides is 1. The molecule has 4 aromatic rings. The summed E-state index contributed by atoms with van der Waals surface area (Å²) >= 11 is 1.22. The molecule has 8 nitrogen and oxygen atoms in total. The predicted molar refractivity (Wildman–Crippen MR) is 121 cm³/mol. The molecule has 0 bridgehead atoms. The first-order chi connectivity index (χ1) is 15.6. The third kappa shape index (κ3) is 5.06. The maximum atomic E-state index is 12.6. The number of nitrogens with zero attached hydrogens (tertiary/aromatic N) is 3. The number of hydrogen-bond donors (Lipinski definition) is 2. The molecule has 0 spiro atoms. The van der Waals surface area contributed by atoms with Crippen molar-refractivity contribution >= 4 is 23.6 Å². The maximum Gasteiger partial charge on any atom is 0.244 e. The summed E-state index contributed by atoms with van der Waals surface area (Å²) in [7, 11) is 0. The molecule has 0 aliphatic carbocycles. The van der Waals surface area contributed by atoms with Crippen LogP contribution < -0.4 is 11.1 Å². The maximum absolute atomic E-state index is 12.6. The number of aromatic nitrogens is 3. The second-order valence-electron chi connectivity index (χ2n) is 6.96. The van der Waals surface area contributed by atoms with Gasteiger partial charge in [0.15, 0.2) is 10.9 Å². The van der Waals surface area contributed by atoms with Crippen LogP contribution in [0.25, 0.3) is 11.6 Å². The van der Waals surface area contributed by atoms with Gasteiger partial charge in [-0.05, 0) is 23.3 Å². The number of nitrogens with two attached hydrogens (primary N) is 1. The number of benzene rings is 2. The first kappa shape index (κ1) is 21.4. The van der Waals surface area contributed by atoms with Gasteiger partial charge in [-0.1, -0.05) is 72.4 Å². The number of carbonyl (C=O) groups is 2. The smallest absolute Gasteiger partial charge is 0.244 e. The van der Waals surface area contributed by atoms with Crippen molar-refractivity contribution < 1.29 is 14.0 Å². The van der Waals surface area contributed by atoms with Gasteiger partial charge in [-0.3, -0.25) is 14.2 Å². The Kier molecular flexibility index (Phi) is 6.66. The summed E-state index contributed by atoms with van der Waals surface area (Å²) in [6.07, 6.45) is 1.57. The second kappa shape index (κ2) is 9.97. The minimum absolute atomic E-state index is 0.0433. The Morgan fingerprint density at radius 2 is 1.72 bits per heavy atom. The molecule has 162 valence electrons. The SMILES string of the molecule is NC(=O)C(NC(=O)CSc1nnc(-c2ccco2)n1Cc1ccccc1)c1ccccc1. The minimum atomic E-state index is -0.898. The molecule has 1 unspecified atom stereocenters. The van der Waals surface area contributed by atoms with Crippen molar-refractivity contribution in [3.8, 4) is 11.6 Å². The fourth-order valence-corrected chi connectivity index (χ4v) is 3.94. The summed E-state index contributed by atoms with van der Waals surface area (Å²) < 4.78 is 7.40. The summed E-state index contributed by atoms with van der Waals surface area (Å²) in [5.41, 5.74) is 7.18. The lowest BCUT2D eigenvalue weighted by Crippen LogP contribution is -2.38. The third-order valence-corrected chi connectivity index (χ3v) is 5.66. The Morgan fingerprint density at radius 3 is 2.38 bits per heavy atom. The molecule has 0 saturated carbocycles. The highest BCUT2D eigenvalue weighted by Gasteiger charge is 2.22. The van der Waals surface area contributed by atoms with Crippen LogP contribution >= 0.6 is 11.8 Å². The number of carbonyl (C=O) groups excluding carboxylic acids is 2. The van der Waals surface area contributed by atoms with E-state index in [1.807, 2.05) is 47.0 Å². The van der Waals surface area contributed by atoms with Crippen LogP contribution in [0.3, 0.4) is 0 Å². The zero-order valence-corrected chi connectivity index (χ0v) is 17.9. The van der Waals surface area contributed by atoms with E-state index in [0.717, 1.165) is 5.56 Å². The monoisotopic (exact) mass is 447 g/mol. The number of furan rings is 1. The first-order valence-corrected chi connectivity index (χ1v) is 10.9. The average Bonchev–Trinajstić information content (AvgIpc) is 3.47. The van der Waals surface area contributed by atoms with Gasteiger partial charge in [-0.2, -0.15) is 0 Å². The number of rotatable bonds is 9. The summed E-state index contributed by atoms with van der Waals surface area (Å²) in [6.45, 7) is 0.516. The molecule has 32 heavy (non-hydrogen) atoms. The van der Waals surface area contributed by atoms with Gasteiger partial charge in [0.1, 0.15) is 6.04 Å². The first-order valence-electron chi connectivity index (χ1n) is 9.89. The Balaban J connectivity index is 1.50. The number of thioether (sulfide) groups is 1. The normalized spacial score (nSPS) is 11.8. The summed E-state index contributed by atoms with van der Waals surface area (Å²) in [5.74, 6) is 0.240. The second-order valence-corrected chi connectivity index (χ2v) is 7.90. The van der Waals surface area contributed by atoms with E-state index in [1.54, 1.807) is 36.6 Å². The zero-order valence-electron chi connectivity index (χ0n) is 17.0. The molecule has 2 amide bonds. The van der Waals surface area contributed by atoms with Crippen LogP contribution in [0.2, 0.25) is 0 Å². The van der Waals surface area contributed by atoms with Crippen molar-refractivity contribution in [1.82, 2.24) is 20.1 Å². The molecule has 2 heterocycles. The molecule has 4 rings (SSSR count). The molecule has 2 aromatic carbocycles. The van der Waals surface area contributed by atoms with Gasteiger partial charge >= 0.3 is 0 Å². The van der Waals surface area contributed by atoms with Gasteiger partial charge in [-0.25, -0.2) is 0 Å². The van der Waals surface area contributed by atoms with Crippen LogP contribution in [0.4, 0.5) is 0 Å². The molecule has 1 atom stereocenters. The lowest BCUT2D eigenvalue weighted by atomic mass is 10.1. The molecular formula is C23H21N5O3S. The third-order valence-electron chi connectivity index (χ3n) is 4.70. The van der Waals surface area contributed by atoms with Crippen molar-refractivity contribution in [3.05, 3.63) is 90.2 Å². The lowest BCUT2D eigenvalue weighted by Gasteiger charge is -2.15. The van der Waals surface area contributed by atoms with Crippen molar-refractivity contribution in [1.29, 1.82) is 0 Å². The van der Waals surface area contributed by atoms with E-state index in [-0.39, 0.29) is 11.7 Å². The van der Waals surface area contributed by atoms with Gasteiger partial charge in [0.2, 0.25) is 17.6 Å². The van der Waals surface area contributed by atoms with Crippen molar-refractivity contribution in [2.75, 3.05) is 5.75 Å². The molecule has 0 aliphatic heterocycles. The number of hydrogen-bond acceptors (Lipinski definition) is 6. The van der Waals surface area contributed by atoms with E-state index >= 15 is 0 Å². The fourth-order valence-electron chi connectivity index (χ4n) is 3.19. The Hall–Kier alpha value is -3.85. The van der Waals surface area contributed by atoms with E-state index in [9.17, 15) is 9.59 Å². The Labute approximate surface area is 188 Å². The Bertz CT molecular complexity index is 1180. The van der Waals surface area contributed by atoms with E-state index in [0.29, 0.717) is 28.8 Å². The highest BCUT2D eigenvalue weighted by Crippen LogP contribution is 2.25. The molecule has 9 heteroatoms. The van der Waals surface area contributed by atoms with Gasteiger partial charge in [0.05, 0.1) is 18.6 Å². The zero-order chi connectivity index (χ0) is 22.3. The van der Waals surface area contributed by atoms with Crippen LogP contribution in [0.15, 0.2) is 88.6 Å². The van der Waals surface area contributed by atoms with Crippen LogP contribution in [-0.4, -0.2) is 32.3 Å². The quantitative estimate of drug-likeness (QED) is 0.381. The molecule has 0 fully saturated rings. The van der Waals surface area contributed by atoms with E-state index in [4.69, 9.17) is 10.2 Å². The number of nitrogens with one attached hydrogen (secondary N) is 1. The fraction of sp³-hybridized carbons (Fsp3) is 0.130. The number of amides is 2. The van der Waals surface area contributed by atoms with Gasteiger partial charge in [-0.15, -0.1) is 10.2 Å². The summed E-state index contributed by atoms with van der Waals surface area (Å²) in [6, 6.07) is 21.5. The summed E-state index contributed by atoms with van der Waals surface area (Å²) in [4.78, 5) is 24.5. The van der Waals surface area contributed by atoms with Gasteiger partial charge in [0, 0.05) is 0 Å². The van der Waals surface area contributed by atoms with E-state index < -0.39 is 11.9 Å². The highest BCUT2D eigenvalue weighted by molar-refractivity contribution is 7.99. The molecule has 0 saturated heterocycles. The minimum Gasteiger partial charge on any atom is -0.461 e. The van der Waals surface area contributed by atoms with Crippen molar-refractivity contribution in [2.45, 2.75) is 17.7 Å². The van der Waals surface area contributed by atoms with Gasteiger partial charge in [0.25, 0.3) is 0 Å². The van der Waals surface area contributed by atoms with Crippen molar-refractivity contribution in [3.63, 3.8) is 0 Å². The molecule has 2 aromatic heterocycles. The van der Waals surface area contributed by atoms with E-state index in [2.05, 4.69) is 15.5 Å². The topological polar surface area (TPSA) is 116 Å². The Morgan fingerprint density at radius 1 is 1.00 bits per heavy atom.